The highest BCUT2D eigenvalue weighted by Crippen LogP contribution is 2.27. The molecule has 20 heavy (non-hydrogen) atoms. The van der Waals surface area contributed by atoms with Gasteiger partial charge in [-0.25, -0.2) is 0 Å². The monoisotopic (exact) mass is 276 g/mol. The first-order valence-corrected chi connectivity index (χ1v) is 6.62. The Balaban J connectivity index is 2.78. The number of carbonyl (C=O) groups is 1. The Bertz CT molecular complexity index is 472. The summed E-state index contributed by atoms with van der Waals surface area (Å²) in [5.74, 6) is -0.114. The lowest BCUT2D eigenvalue weighted by molar-refractivity contribution is -0.114. The van der Waals surface area contributed by atoms with E-state index in [9.17, 15) is 4.79 Å². The summed E-state index contributed by atoms with van der Waals surface area (Å²) in [6.07, 6.45) is 0. The molecule has 0 fully saturated rings. The summed E-state index contributed by atoms with van der Waals surface area (Å²) >= 11 is 0. The van der Waals surface area contributed by atoms with Crippen LogP contribution in [0.5, 0.6) is 0 Å². The topological polar surface area (TPSA) is 47.6 Å². The van der Waals surface area contributed by atoms with Crippen molar-refractivity contribution in [2.45, 2.75) is 38.9 Å². The first kappa shape index (κ1) is 16.7. The molecule has 5 heteroatoms. The zero-order valence-corrected chi connectivity index (χ0v) is 13.1. The lowest BCUT2D eigenvalue weighted by Crippen LogP contribution is -2.50. The Kier molecular flexibility index (Phi) is 5.37. The Morgan fingerprint density at radius 1 is 1.20 bits per heavy atom. The molecule has 0 unspecified atom stereocenters. The molecule has 0 aliphatic rings. The van der Waals surface area contributed by atoms with Crippen molar-refractivity contribution in [1.29, 1.82) is 0 Å². The minimum Gasteiger partial charge on any atom is -0.427 e. The van der Waals surface area contributed by atoms with Crippen LogP contribution in [-0.4, -0.2) is 38.7 Å². The van der Waals surface area contributed by atoms with Gasteiger partial charge in [0.15, 0.2) is 0 Å². The SMILES string of the molecule is CNC(=O)c1cccc([B]OC(C)(C)C(C)(C)OC)c1. The third kappa shape index (κ3) is 3.84. The molecule has 0 aromatic heterocycles. The quantitative estimate of drug-likeness (QED) is 0.801. The van der Waals surface area contributed by atoms with Gasteiger partial charge in [0.05, 0.1) is 11.2 Å². The van der Waals surface area contributed by atoms with E-state index in [1.165, 1.54) is 0 Å². The number of amides is 1. The van der Waals surface area contributed by atoms with Crippen LogP contribution in [0.25, 0.3) is 0 Å². The molecule has 1 rings (SSSR count). The number of nitrogens with one attached hydrogen (secondary N) is 1. The van der Waals surface area contributed by atoms with Gasteiger partial charge in [0.25, 0.3) is 5.91 Å². The first-order chi connectivity index (χ1) is 9.23. The molecule has 1 aromatic carbocycles. The van der Waals surface area contributed by atoms with Crippen molar-refractivity contribution in [1.82, 2.24) is 5.32 Å². The number of methoxy groups -OCH3 is 1. The van der Waals surface area contributed by atoms with Crippen molar-refractivity contribution in [3.63, 3.8) is 0 Å². The van der Waals surface area contributed by atoms with E-state index >= 15 is 0 Å². The van der Waals surface area contributed by atoms with Crippen molar-refractivity contribution < 1.29 is 14.2 Å². The lowest BCUT2D eigenvalue weighted by Gasteiger charge is -2.40. The zero-order valence-electron chi connectivity index (χ0n) is 13.1. The van der Waals surface area contributed by atoms with E-state index in [1.54, 1.807) is 33.8 Å². The summed E-state index contributed by atoms with van der Waals surface area (Å²) < 4.78 is 11.3. The van der Waals surface area contributed by atoms with Gasteiger partial charge in [-0.05, 0) is 33.8 Å². The number of carbonyl (C=O) groups excluding carboxylic acids is 1. The summed E-state index contributed by atoms with van der Waals surface area (Å²) in [6.45, 7) is 7.88. The van der Waals surface area contributed by atoms with Crippen LogP contribution in [0.4, 0.5) is 0 Å². The molecule has 0 saturated heterocycles. The molecule has 0 spiro atoms. The van der Waals surface area contributed by atoms with Crippen molar-refractivity contribution in [3.8, 4) is 0 Å². The van der Waals surface area contributed by atoms with Crippen LogP contribution in [-0.2, 0) is 9.39 Å². The minimum absolute atomic E-state index is 0.114. The Labute approximate surface area is 122 Å². The molecule has 109 valence electrons. The number of hydrogen-bond donors (Lipinski definition) is 1. The smallest absolute Gasteiger partial charge is 0.330 e. The maximum atomic E-state index is 11.6. The van der Waals surface area contributed by atoms with Crippen LogP contribution in [0.15, 0.2) is 24.3 Å². The van der Waals surface area contributed by atoms with Gasteiger partial charge in [-0.1, -0.05) is 23.7 Å². The van der Waals surface area contributed by atoms with E-state index in [1.807, 2.05) is 39.8 Å². The zero-order chi connectivity index (χ0) is 15.4. The molecule has 0 heterocycles. The van der Waals surface area contributed by atoms with Gasteiger partial charge in [0.1, 0.15) is 0 Å². The maximum absolute atomic E-state index is 11.6. The highest BCUT2D eigenvalue weighted by molar-refractivity contribution is 6.47. The van der Waals surface area contributed by atoms with Crippen molar-refractivity contribution in [2.75, 3.05) is 14.2 Å². The molecule has 0 saturated carbocycles. The van der Waals surface area contributed by atoms with Crippen LogP contribution in [0.2, 0.25) is 0 Å². The fourth-order valence-corrected chi connectivity index (χ4v) is 1.50. The van der Waals surface area contributed by atoms with E-state index in [0.717, 1.165) is 5.46 Å². The summed E-state index contributed by atoms with van der Waals surface area (Å²) in [5, 5.41) is 2.60. The van der Waals surface area contributed by atoms with Crippen molar-refractivity contribution >= 4 is 18.9 Å². The molecular formula is C15H23BNO3. The number of benzene rings is 1. The largest absolute Gasteiger partial charge is 0.427 e. The molecule has 0 aliphatic carbocycles. The molecule has 1 N–H and O–H groups in total. The molecule has 1 radical (unpaired) electrons. The molecule has 0 bridgehead atoms. The van der Waals surface area contributed by atoms with Crippen LogP contribution in [0.3, 0.4) is 0 Å². The fourth-order valence-electron chi connectivity index (χ4n) is 1.50. The van der Waals surface area contributed by atoms with Gasteiger partial charge in [-0.2, -0.15) is 0 Å². The van der Waals surface area contributed by atoms with Crippen LogP contribution >= 0.6 is 0 Å². The van der Waals surface area contributed by atoms with E-state index in [-0.39, 0.29) is 5.91 Å². The van der Waals surface area contributed by atoms with Gasteiger partial charge < -0.3 is 14.7 Å². The van der Waals surface area contributed by atoms with Gasteiger partial charge in [0, 0.05) is 19.7 Å². The second-order valence-electron chi connectivity index (χ2n) is 5.67. The van der Waals surface area contributed by atoms with E-state index in [4.69, 9.17) is 9.39 Å². The van der Waals surface area contributed by atoms with Crippen LogP contribution in [0, 0.1) is 0 Å². The van der Waals surface area contributed by atoms with Crippen molar-refractivity contribution in [3.05, 3.63) is 29.8 Å². The molecule has 1 amide bonds. The second-order valence-corrected chi connectivity index (χ2v) is 5.67. The molecule has 1 aromatic rings. The van der Waals surface area contributed by atoms with E-state index < -0.39 is 11.2 Å². The normalized spacial score (nSPS) is 12.1. The van der Waals surface area contributed by atoms with E-state index in [0.29, 0.717) is 5.56 Å². The number of hydrogen-bond acceptors (Lipinski definition) is 3. The Hall–Kier alpha value is -1.33. The molecular weight excluding hydrogens is 253 g/mol. The van der Waals surface area contributed by atoms with Gasteiger partial charge in [-0.15, -0.1) is 0 Å². The van der Waals surface area contributed by atoms with Crippen molar-refractivity contribution in [2.24, 2.45) is 0 Å². The fraction of sp³-hybridized carbons (Fsp3) is 0.533. The molecule has 4 nitrogen and oxygen atoms in total. The lowest BCUT2D eigenvalue weighted by atomic mass is 9.82. The van der Waals surface area contributed by atoms with E-state index in [2.05, 4.69) is 5.32 Å². The molecule has 0 atom stereocenters. The van der Waals surface area contributed by atoms with Gasteiger partial charge in [-0.3, -0.25) is 4.79 Å². The average molecular weight is 276 g/mol. The standard InChI is InChI=1S/C15H23BNO3/c1-14(2,19-6)15(3,4)20-16-12-9-7-8-11(10-12)13(18)17-5/h7-10H,1-6H3,(H,17,18). The summed E-state index contributed by atoms with van der Waals surface area (Å²) in [7, 11) is 4.93. The third-order valence-corrected chi connectivity index (χ3v) is 3.83. The highest BCUT2D eigenvalue weighted by atomic mass is 16.5. The maximum Gasteiger partial charge on any atom is 0.330 e. The summed E-state index contributed by atoms with van der Waals surface area (Å²) in [5.41, 5.74) is 0.520. The summed E-state index contributed by atoms with van der Waals surface area (Å²) in [4.78, 5) is 11.6. The second kappa shape index (κ2) is 6.42. The molecule has 0 aliphatic heterocycles. The Morgan fingerprint density at radius 2 is 1.85 bits per heavy atom. The van der Waals surface area contributed by atoms with Gasteiger partial charge in [0.2, 0.25) is 0 Å². The van der Waals surface area contributed by atoms with Gasteiger partial charge >= 0.3 is 7.48 Å². The van der Waals surface area contributed by atoms with Crippen LogP contribution in [0.1, 0.15) is 38.1 Å². The highest BCUT2D eigenvalue weighted by Gasteiger charge is 2.37. The first-order valence-electron chi connectivity index (χ1n) is 6.62. The minimum atomic E-state index is -0.495. The predicted octanol–water partition coefficient (Wildman–Crippen LogP) is 1.51. The Morgan fingerprint density at radius 3 is 2.40 bits per heavy atom. The number of ether oxygens (including phenoxy) is 1. The number of rotatable bonds is 6. The predicted molar refractivity (Wildman–Crippen MR) is 81.5 cm³/mol. The average Bonchev–Trinajstić information content (AvgIpc) is 2.44. The summed E-state index contributed by atoms with van der Waals surface area (Å²) in [6, 6.07) is 7.27. The van der Waals surface area contributed by atoms with Crippen LogP contribution < -0.4 is 10.8 Å². The third-order valence-electron chi connectivity index (χ3n) is 3.83.